The van der Waals surface area contributed by atoms with E-state index in [4.69, 9.17) is 0 Å². The summed E-state index contributed by atoms with van der Waals surface area (Å²) in [6.07, 6.45) is 3.25. The van der Waals surface area contributed by atoms with Crippen LogP contribution in [0.3, 0.4) is 0 Å². The Bertz CT molecular complexity index is 599. The molecule has 1 aromatic carbocycles. The summed E-state index contributed by atoms with van der Waals surface area (Å²) in [5.74, 6) is 0.734. The van der Waals surface area contributed by atoms with Crippen molar-refractivity contribution in [3.05, 3.63) is 44.8 Å². The number of aryl methyl sites for hydroxylation is 1. The van der Waals surface area contributed by atoms with Crippen LogP contribution < -0.4 is 10.2 Å². The highest BCUT2D eigenvalue weighted by Gasteiger charge is 2.22. The van der Waals surface area contributed by atoms with E-state index in [2.05, 4.69) is 62.3 Å². The van der Waals surface area contributed by atoms with E-state index in [-0.39, 0.29) is 0 Å². The van der Waals surface area contributed by atoms with Crippen LogP contribution in [0.2, 0.25) is 0 Å². The van der Waals surface area contributed by atoms with Crippen LogP contribution >= 0.6 is 27.3 Å². The Morgan fingerprint density at radius 2 is 2.38 bits per heavy atom. The first-order chi connectivity index (χ1) is 10.2. The number of rotatable bonds is 5. The maximum absolute atomic E-state index is 4.29. The molecule has 0 spiro atoms. The quantitative estimate of drug-likeness (QED) is 0.872. The summed E-state index contributed by atoms with van der Waals surface area (Å²) in [4.78, 5) is 8.10. The van der Waals surface area contributed by atoms with Gasteiger partial charge in [-0.25, -0.2) is 4.98 Å². The third kappa shape index (κ3) is 4.05. The highest BCUT2D eigenvalue weighted by atomic mass is 79.9. The second kappa shape index (κ2) is 6.90. The molecule has 1 atom stereocenters. The molecule has 1 unspecified atom stereocenters. The van der Waals surface area contributed by atoms with Crippen LogP contribution in [-0.4, -0.2) is 24.6 Å². The van der Waals surface area contributed by atoms with Gasteiger partial charge in [0.1, 0.15) is 0 Å². The lowest BCUT2D eigenvalue weighted by Crippen LogP contribution is -2.26. The Balaban J connectivity index is 1.46. The average Bonchev–Trinajstić information content (AvgIpc) is 3.08. The largest absolute Gasteiger partial charge is 0.371 e. The van der Waals surface area contributed by atoms with Gasteiger partial charge in [-0.05, 0) is 37.5 Å². The summed E-state index contributed by atoms with van der Waals surface area (Å²) in [6, 6.07) is 8.59. The molecule has 21 heavy (non-hydrogen) atoms. The molecule has 0 saturated carbocycles. The number of hydrogen-bond donors (Lipinski definition) is 1. The molecule has 112 valence electrons. The highest BCUT2D eigenvalue weighted by Crippen LogP contribution is 2.26. The lowest BCUT2D eigenvalue weighted by atomic mass is 10.1. The van der Waals surface area contributed by atoms with E-state index < -0.39 is 0 Å². The lowest BCUT2D eigenvalue weighted by Gasteiger charge is -2.19. The van der Waals surface area contributed by atoms with Crippen LogP contribution in [0.5, 0.6) is 0 Å². The van der Waals surface area contributed by atoms with Crippen LogP contribution in [0.25, 0.3) is 0 Å². The van der Waals surface area contributed by atoms with E-state index in [1.54, 1.807) is 11.3 Å². The SMILES string of the molecule is Cc1ncc(CNCC2CCN(c3cccc(Br)c3)C2)s1. The third-order valence-electron chi connectivity index (χ3n) is 3.86. The van der Waals surface area contributed by atoms with Gasteiger partial charge in [0.15, 0.2) is 0 Å². The van der Waals surface area contributed by atoms with Crippen molar-refractivity contribution in [2.75, 3.05) is 24.5 Å². The second-order valence-electron chi connectivity index (χ2n) is 5.56. The van der Waals surface area contributed by atoms with Crippen LogP contribution in [-0.2, 0) is 6.54 Å². The number of halogens is 1. The second-order valence-corrected chi connectivity index (χ2v) is 7.79. The Morgan fingerprint density at radius 1 is 1.48 bits per heavy atom. The molecule has 1 N–H and O–H groups in total. The Hall–Kier alpha value is -0.910. The van der Waals surface area contributed by atoms with E-state index in [1.165, 1.54) is 17.0 Å². The number of nitrogens with one attached hydrogen (secondary N) is 1. The third-order valence-corrected chi connectivity index (χ3v) is 5.27. The minimum Gasteiger partial charge on any atom is -0.371 e. The number of benzene rings is 1. The zero-order chi connectivity index (χ0) is 14.7. The zero-order valence-corrected chi connectivity index (χ0v) is 14.6. The van der Waals surface area contributed by atoms with Crippen molar-refractivity contribution in [3.63, 3.8) is 0 Å². The number of anilines is 1. The van der Waals surface area contributed by atoms with E-state index in [9.17, 15) is 0 Å². The van der Waals surface area contributed by atoms with E-state index >= 15 is 0 Å². The van der Waals surface area contributed by atoms with E-state index in [0.29, 0.717) is 0 Å². The molecule has 1 aromatic heterocycles. The Morgan fingerprint density at radius 3 is 3.14 bits per heavy atom. The van der Waals surface area contributed by atoms with Crippen molar-refractivity contribution < 1.29 is 0 Å². The molecule has 2 heterocycles. The van der Waals surface area contributed by atoms with Crippen molar-refractivity contribution in [2.45, 2.75) is 19.9 Å². The molecule has 2 aromatic rings. The van der Waals surface area contributed by atoms with Crippen LogP contribution in [0.4, 0.5) is 5.69 Å². The van der Waals surface area contributed by atoms with Gasteiger partial charge in [0.25, 0.3) is 0 Å². The number of aromatic nitrogens is 1. The van der Waals surface area contributed by atoms with Crippen LogP contribution in [0.15, 0.2) is 34.9 Å². The van der Waals surface area contributed by atoms with Crippen molar-refractivity contribution in [3.8, 4) is 0 Å². The van der Waals surface area contributed by atoms with Gasteiger partial charge in [0.2, 0.25) is 0 Å². The first-order valence-electron chi connectivity index (χ1n) is 7.33. The number of hydrogen-bond acceptors (Lipinski definition) is 4. The van der Waals surface area contributed by atoms with Gasteiger partial charge in [-0.3, -0.25) is 0 Å². The molecule has 3 nitrogen and oxygen atoms in total. The fraction of sp³-hybridized carbons (Fsp3) is 0.438. The molecule has 0 amide bonds. The summed E-state index contributed by atoms with van der Waals surface area (Å²) in [7, 11) is 0. The number of nitrogens with zero attached hydrogens (tertiary/aromatic N) is 2. The van der Waals surface area contributed by atoms with Crippen LogP contribution in [0, 0.1) is 12.8 Å². The first-order valence-corrected chi connectivity index (χ1v) is 8.94. The molecule has 3 rings (SSSR count). The molecule has 0 bridgehead atoms. The van der Waals surface area contributed by atoms with Gasteiger partial charge in [0.05, 0.1) is 5.01 Å². The smallest absolute Gasteiger partial charge is 0.0897 e. The molecular formula is C16H20BrN3S. The fourth-order valence-corrected chi connectivity index (χ4v) is 3.94. The first kappa shape index (κ1) is 15.0. The molecular weight excluding hydrogens is 346 g/mol. The number of thiazole rings is 1. The molecule has 0 aliphatic carbocycles. The van der Waals surface area contributed by atoms with Gasteiger partial charge in [0, 0.05) is 47.4 Å². The Kier molecular flexibility index (Phi) is 4.93. The normalized spacial score (nSPS) is 18.4. The fourth-order valence-electron chi connectivity index (χ4n) is 2.79. The minimum atomic E-state index is 0.734. The summed E-state index contributed by atoms with van der Waals surface area (Å²) >= 11 is 5.33. The maximum atomic E-state index is 4.29. The molecule has 5 heteroatoms. The van der Waals surface area contributed by atoms with Gasteiger partial charge >= 0.3 is 0 Å². The van der Waals surface area contributed by atoms with Crippen molar-refractivity contribution >= 4 is 33.0 Å². The van der Waals surface area contributed by atoms with Gasteiger partial charge < -0.3 is 10.2 Å². The molecule has 1 fully saturated rings. The molecule has 0 radical (unpaired) electrons. The lowest BCUT2D eigenvalue weighted by molar-refractivity contribution is 0.518. The van der Waals surface area contributed by atoms with Gasteiger partial charge in [-0.2, -0.15) is 0 Å². The predicted molar refractivity (Wildman–Crippen MR) is 93.0 cm³/mol. The monoisotopic (exact) mass is 365 g/mol. The molecule has 1 aliphatic rings. The predicted octanol–water partition coefficient (Wildman–Crippen LogP) is 3.83. The Labute approximate surface area is 138 Å². The van der Waals surface area contributed by atoms with Crippen molar-refractivity contribution in [2.24, 2.45) is 5.92 Å². The summed E-state index contributed by atoms with van der Waals surface area (Å²) in [5.41, 5.74) is 1.32. The summed E-state index contributed by atoms with van der Waals surface area (Å²) in [5, 5.41) is 4.72. The standard InChI is InChI=1S/C16H20BrN3S/c1-12-19-10-16(21-12)9-18-8-13-5-6-20(11-13)15-4-2-3-14(17)7-15/h2-4,7,10,13,18H,5-6,8-9,11H2,1H3. The minimum absolute atomic E-state index is 0.734. The summed E-state index contributed by atoms with van der Waals surface area (Å²) in [6.45, 7) is 6.38. The topological polar surface area (TPSA) is 28.2 Å². The van der Waals surface area contributed by atoms with Gasteiger partial charge in [-0.1, -0.05) is 22.0 Å². The van der Waals surface area contributed by atoms with Gasteiger partial charge in [-0.15, -0.1) is 11.3 Å². The molecule has 1 aliphatic heterocycles. The van der Waals surface area contributed by atoms with Crippen molar-refractivity contribution in [1.82, 2.24) is 10.3 Å². The zero-order valence-electron chi connectivity index (χ0n) is 12.2. The summed E-state index contributed by atoms with van der Waals surface area (Å²) < 4.78 is 1.15. The average molecular weight is 366 g/mol. The van der Waals surface area contributed by atoms with E-state index in [1.807, 2.05) is 6.20 Å². The van der Waals surface area contributed by atoms with E-state index in [0.717, 1.165) is 41.6 Å². The molecule has 1 saturated heterocycles. The highest BCUT2D eigenvalue weighted by molar-refractivity contribution is 9.10. The van der Waals surface area contributed by atoms with Crippen molar-refractivity contribution in [1.29, 1.82) is 0 Å². The van der Waals surface area contributed by atoms with Crippen LogP contribution in [0.1, 0.15) is 16.3 Å². The maximum Gasteiger partial charge on any atom is 0.0897 e.